The van der Waals surface area contributed by atoms with Gasteiger partial charge < -0.3 is 10.2 Å². The molecule has 0 bridgehead atoms. The fourth-order valence-electron chi connectivity index (χ4n) is 5.95. The zero-order valence-electron chi connectivity index (χ0n) is 26.3. The highest BCUT2D eigenvalue weighted by molar-refractivity contribution is 7.92. The van der Waals surface area contributed by atoms with Crippen molar-refractivity contribution in [1.82, 2.24) is 10.2 Å². The third kappa shape index (κ3) is 8.78. The van der Waals surface area contributed by atoms with Crippen LogP contribution in [0.5, 0.6) is 0 Å². The molecule has 1 N–H and O–H groups in total. The number of nitrogens with zero attached hydrogens (tertiary/aromatic N) is 2. The molecule has 7 nitrogen and oxygen atoms in total. The van der Waals surface area contributed by atoms with Gasteiger partial charge in [0.2, 0.25) is 11.8 Å². The quantitative estimate of drug-likeness (QED) is 0.174. The Morgan fingerprint density at radius 2 is 1.57 bits per heavy atom. The van der Waals surface area contributed by atoms with Crippen molar-refractivity contribution in [2.45, 2.75) is 69.0 Å². The van der Waals surface area contributed by atoms with Crippen LogP contribution in [0, 0.1) is 12.7 Å². The van der Waals surface area contributed by atoms with Gasteiger partial charge >= 0.3 is 0 Å². The Kier molecular flexibility index (Phi) is 11.3. The number of hydrogen-bond donors (Lipinski definition) is 1. The Bertz CT molecular complexity index is 1780. The maximum atomic E-state index is 15.1. The fourth-order valence-corrected chi connectivity index (χ4v) is 7.49. The van der Waals surface area contributed by atoms with Gasteiger partial charge in [0.15, 0.2) is 0 Å². The molecule has 0 saturated heterocycles. The van der Waals surface area contributed by atoms with Crippen LogP contribution < -0.4 is 9.62 Å². The van der Waals surface area contributed by atoms with Gasteiger partial charge in [-0.25, -0.2) is 12.8 Å². The molecular formula is C37H39ClFN3O4S. The van der Waals surface area contributed by atoms with Crippen molar-refractivity contribution in [1.29, 1.82) is 0 Å². The Morgan fingerprint density at radius 1 is 0.894 bits per heavy atom. The Morgan fingerprint density at radius 3 is 2.26 bits per heavy atom. The molecule has 0 spiro atoms. The minimum absolute atomic E-state index is 0.0333. The Labute approximate surface area is 281 Å². The van der Waals surface area contributed by atoms with Gasteiger partial charge in [-0.1, -0.05) is 91.5 Å². The first-order chi connectivity index (χ1) is 22.6. The van der Waals surface area contributed by atoms with Gasteiger partial charge in [-0.15, -0.1) is 0 Å². The highest BCUT2D eigenvalue weighted by Gasteiger charge is 2.35. The standard InChI is InChI=1S/C37H39ClFN3O4S/c1-27-11-10-17-32(23-27)42(47(45,46)33-21-19-30(38)20-22-33)26-36(43)41(25-29-14-8-9-18-34(29)39)35(24-28-12-4-2-5-13-28)37(44)40-31-15-6-3-7-16-31/h2,4-5,8-14,17-23,31,35H,3,6-7,15-16,24-26H2,1H3,(H,40,44). The summed E-state index contributed by atoms with van der Waals surface area (Å²) in [5.41, 5.74) is 2.10. The maximum absolute atomic E-state index is 15.1. The molecule has 4 aromatic carbocycles. The summed E-state index contributed by atoms with van der Waals surface area (Å²) >= 11 is 6.06. The molecule has 0 aliphatic heterocycles. The summed E-state index contributed by atoms with van der Waals surface area (Å²) in [6.07, 6.45) is 4.94. The van der Waals surface area contributed by atoms with E-state index in [0.717, 1.165) is 47.5 Å². The SMILES string of the molecule is Cc1cccc(N(CC(=O)N(Cc2ccccc2F)C(Cc2ccccc2)C(=O)NC2CCCCC2)S(=O)(=O)c2ccc(Cl)cc2)c1. The number of benzene rings is 4. The van der Waals surface area contributed by atoms with E-state index in [1.807, 2.05) is 43.3 Å². The average Bonchev–Trinajstić information content (AvgIpc) is 3.07. The minimum atomic E-state index is -4.27. The van der Waals surface area contributed by atoms with Crippen molar-refractivity contribution in [3.05, 3.63) is 131 Å². The molecule has 0 heterocycles. The molecule has 1 saturated carbocycles. The molecule has 47 heavy (non-hydrogen) atoms. The first-order valence-electron chi connectivity index (χ1n) is 15.8. The molecule has 1 unspecified atom stereocenters. The van der Waals surface area contributed by atoms with Crippen molar-refractivity contribution in [3.8, 4) is 0 Å². The van der Waals surface area contributed by atoms with Crippen LogP contribution in [-0.2, 0) is 32.6 Å². The van der Waals surface area contributed by atoms with Gasteiger partial charge in [-0.05, 0) is 73.4 Å². The number of hydrogen-bond acceptors (Lipinski definition) is 4. The summed E-state index contributed by atoms with van der Waals surface area (Å²) in [4.78, 5) is 30.0. The number of carbonyl (C=O) groups is 2. The molecule has 4 aromatic rings. The monoisotopic (exact) mass is 675 g/mol. The van der Waals surface area contributed by atoms with Crippen LogP contribution in [0.2, 0.25) is 5.02 Å². The lowest BCUT2D eigenvalue weighted by atomic mass is 9.94. The number of rotatable bonds is 12. The van der Waals surface area contributed by atoms with Crippen LogP contribution in [0.3, 0.4) is 0 Å². The number of carbonyl (C=O) groups excluding carboxylic acids is 2. The number of amides is 2. The van der Waals surface area contributed by atoms with Crippen LogP contribution in [-0.4, -0.2) is 43.8 Å². The predicted molar refractivity (Wildman–Crippen MR) is 183 cm³/mol. The molecule has 10 heteroatoms. The predicted octanol–water partition coefficient (Wildman–Crippen LogP) is 7.07. The lowest BCUT2D eigenvalue weighted by Gasteiger charge is -2.35. The van der Waals surface area contributed by atoms with Gasteiger partial charge in [-0.3, -0.25) is 13.9 Å². The van der Waals surface area contributed by atoms with E-state index in [1.165, 1.54) is 35.2 Å². The Hall–Kier alpha value is -4.21. The van der Waals surface area contributed by atoms with Crippen LogP contribution in [0.25, 0.3) is 0 Å². The summed E-state index contributed by atoms with van der Waals surface area (Å²) in [6, 6.07) is 26.9. The van der Waals surface area contributed by atoms with Crippen molar-refractivity contribution >= 4 is 39.1 Å². The van der Waals surface area contributed by atoms with Crippen molar-refractivity contribution in [3.63, 3.8) is 0 Å². The maximum Gasteiger partial charge on any atom is 0.264 e. The van der Waals surface area contributed by atoms with Crippen molar-refractivity contribution < 1.29 is 22.4 Å². The van der Waals surface area contributed by atoms with Gasteiger partial charge in [0.25, 0.3) is 10.0 Å². The number of anilines is 1. The van der Waals surface area contributed by atoms with E-state index in [9.17, 15) is 18.0 Å². The first kappa shape index (κ1) is 34.1. The number of sulfonamides is 1. The van der Waals surface area contributed by atoms with E-state index < -0.39 is 34.3 Å². The van der Waals surface area contributed by atoms with E-state index in [2.05, 4.69) is 5.32 Å². The molecule has 1 aliphatic rings. The second-order valence-electron chi connectivity index (χ2n) is 12.0. The second kappa shape index (κ2) is 15.6. The van der Waals surface area contributed by atoms with Crippen molar-refractivity contribution in [2.24, 2.45) is 0 Å². The van der Waals surface area contributed by atoms with Crippen molar-refractivity contribution in [2.75, 3.05) is 10.8 Å². The van der Waals surface area contributed by atoms with Crippen LogP contribution >= 0.6 is 11.6 Å². The topological polar surface area (TPSA) is 86.8 Å². The molecule has 1 aliphatic carbocycles. The second-order valence-corrected chi connectivity index (χ2v) is 14.3. The fraction of sp³-hybridized carbons (Fsp3) is 0.297. The number of nitrogens with one attached hydrogen (secondary N) is 1. The molecule has 0 aromatic heterocycles. The summed E-state index contributed by atoms with van der Waals surface area (Å²) < 4.78 is 44.5. The first-order valence-corrected chi connectivity index (χ1v) is 17.7. The molecule has 246 valence electrons. The van der Waals surface area contributed by atoms with E-state index in [1.54, 1.807) is 36.4 Å². The highest BCUT2D eigenvalue weighted by atomic mass is 35.5. The third-order valence-corrected chi connectivity index (χ3v) is 10.5. The zero-order valence-corrected chi connectivity index (χ0v) is 27.9. The minimum Gasteiger partial charge on any atom is -0.352 e. The molecule has 5 rings (SSSR count). The van der Waals surface area contributed by atoms with Gasteiger partial charge in [-0.2, -0.15) is 0 Å². The van der Waals surface area contributed by atoms with Crippen LogP contribution in [0.4, 0.5) is 10.1 Å². The normalized spacial score (nSPS) is 14.3. The molecule has 2 amide bonds. The molecular weight excluding hydrogens is 637 g/mol. The van der Waals surface area contributed by atoms with Gasteiger partial charge in [0.1, 0.15) is 18.4 Å². The zero-order chi connectivity index (χ0) is 33.4. The lowest BCUT2D eigenvalue weighted by Crippen LogP contribution is -2.55. The summed E-state index contributed by atoms with van der Waals surface area (Å²) in [6.45, 7) is 0.975. The largest absolute Gasteiger partial charge is 0.352 e. The molecule has 0 radical (unpaired) electrons. The summed E-state index contributed by atoms with van der Waals surface area (Å²) in [5, 5.41) is 3.52. The summed E-state index contributed by atoms with van der Waals surface area (Å²) in [5.74, 6) is -1.53. The number of aryl methyl sites for hydroxylation is 1. The van der Waals surface area contributed by atoms with E-state index in [-0.39, 0.29) is 41.1 Å². The summed E-state index contributed by atoms with van der Waals surface area (Å²) in [7, 11) is -4.27. The van der Waals surface area contributed by atoms with Crippen LogP contribution in [0.1, 0.15) is 48.8 Å². The van der Waals surface area contributed by atoms with E-state index in [0.29, 0.717) is 5.02 Å². The van der Waals surface area contributed by atoms with E-state index >= 15 is 4.39 Å². The molecule has 1 atom stereocenters. The van der Waals surface area contributed by atoms with Gasteiger partial charge in [0.05, 0.1) is 10.6 Å². The Balaban J connectivity index is 1.57. The smallest absolute Gasteiger partial charge is 0.264 e. The molecule has 1 fully saturated rings. The third-order valence-electron chi connectivity index (χ3n) is 8.49. The van der Waals surface area contributed by atoms with Gasteiger partial charge in [0, 0.05) is 29.6 Å². The van der Waals surface area contributed by atoms with Crippen LogP contribution in [0.15, 0.2) is 108 Å². The lowest BCUT2D eigenvalue weighted by molar-refractivity contribution is -0.140. The highest BCUT2D eigenvalue weighted by Crippen LogP contribution is 2.27. The van der Waals surface area contributed by atoms with E-state index in [4.69, 9.17) is 11.6 Å². The number of halogens is 2. The average molecular weight is 676 g/mol.